The van der Waals surface area contributed by atoms with E-state index in [1.807, 2.05) is 93.3 Å². The molecule has 4 heterocycles. The Morgan fingerprint density at radius 2 is 1.16 bits per heavy atom. The van der Waals surface area contributed by atoms with Gasteiger partial charge in [-0.15, -0.1) is 0 Å². The molecule has 0 aliphatic carbocycles. The second-order valence-corrected chi connectivity index (χ2v) is 15.0. The normalized spacial score (nSPS) is 17.6. The van der Waals surface area contributed by atoms with Crippen molar-refractivity contribution in [3.05, 3.63) is 89.5 Å². The molecular formula is C43H51N7O6. The number of ether oxygens (including phenoxy) is 2. The van der Waals surface area contributed by atoms with Crippen molar-refractivity contribution in [2.45, 2.75) is 77.5 Å². The van der Waals surface area contributed by atoms with Gasteiger partial charge >= 0.3 is 12.2 Å². The van der Waals surface area contributed by atoms with Crippen LogP contribution in [0.4, 0.5) is 9.59 Å². The molecule has 2 aliphatic heterocycles. The first kappa shape index (κ1) is 39.7. The Bertz CT molecular complexity index is 1930. The Kier molecular flexibility index (Phi) is 12.5. The molecule has 0 radical (unpaired) electrons. The molecule has 0 spiro atoms. The van der Waals surface area contributed by atoms with Gasteiger partial charge in [0, 0.05) is 35.6 Å². The van der Waals surface area contributed by atoms with Crippen molar-refractivity contribution < 1.29 is 28.7 Å². The summed E-state index contributed by atoms with van der Waals surface area (Å²) in [4.78, 5) is 66.1. The van der Waals surface area contributed by atoms with Crippen LogP contribution in [0.1, 0.15) is 88.1 Å². The van der Waals surface area contributed by atoms with Gasteiger partial charge in [-0.25, -0.2) is 14.6 Å². The molecule has 4 amide bonds. The van der Waals surface area contributed by atoms with E-state index in [4.69, 9.17) is 9.47 Å². The third kappa shape index (κ3) is 8.91. The second kappa shape index (κ2) is 17.6. The first-order valence-electron chi connectivity index (χ1n) is 19.2. The van der Waals surface area contributed by atoms with Gasteiger partial charge < -0.3 is 39.9 Å². The molecule has 13 nitrogen and oxygen atoms in total. The molecule has 2 aromatic carbocycles. The van der Waals surface area contributed by atoms with E-state index in [9.17, 15) is 19.2 Å². The van der Waals surface area contributed by atoms with Crippen LogP contribution in [0, 0.1) is 23.7 Å². The lowest BCUT2D eigenvalue weighted by Crippen LogP contribution is -2.51. The number of carbonyl (C=O) groups is 4. The zero-order valence-electron chi connectivity index (χ0n) is 32.8. The molecule has 56 heavy (non-hydrogen) atoms. The molecule has 2 aliphatic rings. The van der Waals surface area contributed by atoms with Crippen molar-refractivity contribution in [2.75, 3.05) is 27.3 Å². The van der Waals surface area contributed by atoms with Crippen LogP contribution in [0.3, 0.4) is 0 Å². The van der Waals surface area contributed by atoms with Crippen LogP contribution in [0.5, 0.6) is 0 Å². The number of nitrogens with one attached hydrogen (secondary N) is 4. The standard InChI is InChI=1S/C43H51N7O6/c1-26(2)37(47-42(53)55-5)40(51)49-23-7-9-35(49)33-22-21-32(45-33)30-17-13-28(14-18-30)11-12-29-15-19-31(20-16-29)34-25-44-39(46-34)36-10-8-24-50(36)41(52)38(27(3)4)48-43(54)56-6/h13-22,25-27,35-38,45H,7-10,23-24H2,1-6H3,(H,44,46)(H,47,53)(H,48,54)/t35-,36-,37?,38-/m0/s1. The van der Waals surface area contributed by atoms with Gasteiger partial charge in [0.2, 0.25) is 11.8 Å². The third-order valence-corrected chi connectivity index (χ3v) is 10.6. The third-order valence-electron chi connectivity index (χ3n) is 10.6. The monoisotopic (exact) mass is 761 g/mol. The zero-order valence-corrected chi connectivity index (χ0v) is 32.8. The average Bonchev–Trinajstić information content (AvgIpc) is 4.04. The summed E-state index contributed by atoms with van der Waals surface area (Å²) in [5.74, 6) is 6.79. The predicted octanol–water partition coefficient (Wildman–Crippen LogP) is 6.56. The van der Waals surface area contributed by atoms with Gasteiger partial charge in [0.15, 0.2) is 0 Å². The smallest absolute Gasteiger partial charge is 0.407 e. The SMILES string of the molecule is COC(=O)NC(C(=O)N1CCC[C@H]1c1ccc(-c2ccc(C#Cc3ccc(-c4cnc([C@@H]5CCCN5C(=O)[C@@H](NC(=O)OC)C(C)C)[nH]4)cc3)cc2)[nH]1)C(C)C. The van der Waals surface area contributed by atoms with E-state index >= 15 is 0 Å². The summed E-state index contributed by atoms with van der Waals surface area (Å²) in [6.45, 7) is 8.84. The number of hydrogen-bond donors (Lipinski definition) is 4. The van der Waals surface area contributed by atoms with E-state index in [1.165, 1.54) is 14.2 Å². The van der Waals surface area contributed by atoms with Crippen molar-refractivity contribution in [3.8, 4) is 34.4 Å². The first-order chi connectivity index (χ1) is 27.0. The molecule has 6 rings (SSSR count). The number of amides is 4. The molecule has 0 saturated carbocycles. The van der Waals surface area contributed by atoms with Gasteiger partial charge in [0.1, 0.15) is 17.9 Å². The lowest BCUT2D eigenvalue weighted by atomic mass is 10.0. The maximum atomic E-state index is 13.5. The quantitative estimate of drug-likeness (QED) is 0.133. The van der Waals surface area contributed by atoms with Crippen LogP contribution >= 0.6 is 0 Å². The largest absolute Gasteiger partial charge is 0.453 e. The average molecular weight is 762 g/mol. The van der Waals surface area contributed by atoms with Crippen LogP contribution in [0.15, 0.2) is 66.9 Å². The van der Waals surface area contributed by atoms with E-state index in [2.05, 4.69) is 37.4 Å². The van der Waals surface area contributed by atoms with Crippen LogP contribution in [-0.4, -0.2) is 88.1 Å². The molecule has 4 N–H and O–H groups in total. The highest BCUT2D eigenvalue weighted by molar-refractivity contribution is 5.87. The summed E-state index contributed by atoms with van der Waals surface area (Å²) in [5.41, 5.74) is 6.47. The van der Waals surface area contributed by atoms with Gasteiger partial charge in [-0.3, -0.25) is 9.59 Å². The molecular weight excluding hydrogens is 711 g/mol. The van der Waals surface area contributed by atoms with Crippen molar-refractivity contribution in [1.82, 2.24) is 35.4 Å². The van der Waals surface area contributed by atoms with Gasteiger partial charge in [-0.1, -0.05) is 63.8 Å². The zero-order chi connectivity index (χ0) is 39.9. The number of imidazole rings is 1. The minimum atomic E-state index is -0.687. The van der Waals surface area contributed by atoms with Crippen LogP contribution < -0.4 is 10.6 Å². The highest BCUT2D eigenvalue weighted by atomic mass is 16.5. The molecule has 13 heteroatoms. The molecule has 294 valence electrons. The Hall–Kier alpha value is -6.03. The lowest BCUT2D eigenvalue weighted by Gasteiger charge is -2.30. The maximum absolute atomic E-state index is 13.5. The van der Waals surface area contributed by atoms with Gasteiger partial charge in [0.25, 0.3) is 0 Å². The lowest BCUT2D eigenvalue weighted by molar-refractivity contribution is -0.136. The number of alkyl carbamates (subject to hydrolysis) is 2. The Labute approximate surface area is 327 Å². The summed E-state index contributed by atoms with van der Waals surface area (Å²) in [5, 5.41) is 5.39. The summed E-state index contributed by atoms with van der Waals surface area (Å²) in [7, 11) is 2.58. The summed E-state index contributed by atoms with van der Waals surface area (Å²) >= 11 is 0. The van der Waals surface area contributed by atoms with E-state index < -0.39 is 24.3 Å². The van der Waals surface area contributed by atoms with Crippen LogP contribution in [-0.2, 0) is 19.1 Å². The fraction of sp³-hybridized carbons (Fsp3) is 0.419. The summed E-state index contributed by atoms with van der Waals surface area (Å²) in [6.07, 6.45) is 3.90. The Morgan fingerprint density at radius 3 is 1.66 bits per heavy atom. The Morgan fingerprint density at radius 1 is 0.679 bits per heavy atom. The van der Waals surface area contributed by atoms with Gasteiger partial charge in [-0.2, -0.15) is 0 Å². The molecule has 2 saturated heterocycles. The topological polar surface area (TPSA) is 162 Å². The minimum Gasteiger partial charge on any atom is -0.453 e. The summed E-state index contributed by atoms with van der Waals surface area (Å²) in [6, 6.07) is 18.4. The number of aromatic nitrogens is 3. The highest BCUT2D eigenvalue weighted by Crippen LogP contribution is 2.35. The van der Waals surface area contributed by atoms with Crippen molar-refractivity contribution in [3.63, 3.8) is 0 Å². The minimum absolute atomic E-state index is 0.0860. The number of aromatic amines is 2. The predicted molar refractivity (Wildman–Crippen MR) is 212 cm³/mol. The number of hydrogen-bond acceptors (Lipinski definition) is 7. The summed E-state index contributed by atoms with van der Waals surface area (Å²) < 4.78 is 9.50. The van der Waals surface area contributed by atoms with Crippen LogP contribution in [0.25, 0.3) is 22.5 Å². The number of methoxy groups -OCH3 is 2. The number of H-pyrrole nitrogens is 2. The molecule has 2 aromatic heterocycles. The molecule has 1 unspecified atom stereocenters. The maximum Gasteiger partial charge on any atom is 0.407 e. The van der Waals surface area contributed by atoms with Crippen molar-refractivity contribution in [1.29, 1.82) is 0 Å². The fourth-order valence-electron chi connectivity index (χ4n) is 7.46. The fourth-order valence-corrected chi connectivity index (χ4v) is 7.46. The second-order valence-electron chi connectivity index (χ2n) is 15.0. The van der Waals surface area contributed by atoms with E-state index in [0.29, 0.717) is 13.1 Å². The number of likely N-dealkylation sites (tertiary alicyclic amines) is 2. The van der Waals surface area contributed by atoms with E-state index in [0.717, 1.165) is 70.8 Å². The number of carbonyl (C=O) groups excluding carboxylic acids is 4. The molecule has 4 atom stereocenters. The highest BCUT2D eigenvalue weighted by Gasteiger charge is 2.38. The van der Waals surface area contributed by atoms with Crippen molar-refractivity contribution >= 4 is 24.0 Å². The Balaban J connectivity index is 1.08. The van der Waals surface area contributed by atoms with Gasteiger partial charge in [-0.05, 0) is 85.0 Å². The first-order valence-corrected chi connectivity index (χ1v) is 19.2. The number of rotatable bonds is 10. The molecule has 2 fully saturated rings. The van der Waals surface area contributed by atoms with E-state index in [1.54, 1.807) is 11.1 Å². The van der Waals surface area contributed by atoms with Crippen LogP contribution in [0.2, 0.25) is 0 Å². The number of benzene rings is 2. The van der Waals surface area contributed by atoms with Gasteiger partial charge in [0.05, 0.1) is 38.2 Å². The molecule has 0 bridgehead atoms. The number of nitrogens with zero attached hydrogens (tertiary/aromatic N) is 3. The van der Waals surface area contributed by atoms with E-state index in [-0.39, 0.29) is 35.7 Å². The van der Waals surface area contributed by atoms with Crippen molar-refractivity contribution in [2.24, 2.45) is 11.8 Å². The molecule has 4 aromatic rings.